The summed E-state index contributed by atoms with van der Waals surface area (Å²) in [5.74, 6) is 0. The van der Waals surface area contributed by atoms with Crippen molar-refractivity contribution in [1.82, 2.24) is 0 Å². The van der Waals surface area contributed by atoms with Crippen LogP contribution in [0.15, 0.2) is 12.2 Å². The molecule has 88 valence electrons. The molecule has 0 aromatic carbocycles. The molecular weight excluding hydrogens is 208 g/mol. The van der Waals surface area contributed by atoms with E-state index in [0.29, 0.717) is 12.2 Å². The monoisotopic (exact) mass is 230 g/mol. The van der Waals surface area contributed by atoms with E-state index >= 15 is 0 Å². The fraction of sp³-hybridized carbons (Fsp3) is 0.750. The van der Waals surface area contributed by atoms with Crippen molar-refractivity contribution in [2.24, 2.45) is 0 Å². The number of hydrogen-bond donors (Lipinski definition) is 0. The predicted octanol–water partition coefficient (Wildman–Crippen LogP) is 3.77. The number of thioether (sulfide) groups is 1. The Morgan fingerprint density at radius 2 is 2.00 bits per heavy atom. The van der Waals surface area contributed by atoms with Gasteiger partial charge in [-0.2, -0.15) is 0 Å². The van der Waals surface area contributed by atoms with Crippen molar-refractivity contribution in [1.29, 1.82) is 0 Å². The van der Waals surface area contributed by atoms with E-state index in [1.807, 2.05) is 6.92 Å². The first kappa shape index (κ1) is 14.7. The Bertz CT molecular complexity index is 218. The van der Waals surface area contributed by atoms with Crippen LogP contribution in [0, 0.1) is 0 Å². The van der Waals surface area contributed by atoms with Gasteiger partial charge in [0.2, 0.25) is 5.12 Å². The molecule has 0 spiro atoms. The van der Waals surface area contributed by atoms with E-state index in [1.165, 1.54) is 11.8 Å². The summed E-state index contributed by atoms with van der Waals surface area (Å²) in [6.07, 6.45) is 2.77. The van der Waals surface area contributed by atoms with Crippen LogP contribution in [0.25, 0.3) is 0 Å². The lowest BCUT2D eigenvalue weighted by Crippen LogP contribution is -2.29. The second kappa shape index (κ2) is 7.07. The third kappa shape index (κ3) is 4.85. The van der Waals surface area contributed by atoms with Gasteiger partial charge in [-0.1, -0.05) is 26.8 Å². The maximum atomic E-state index is 11.7. The van der Waals surface area contributed by atoms with E-state index in [1.54, 1.807) is 6.92 Å². The highest BCUT2D eigenvalue weighted by molar-refractivity contribution is 8.15. The van der Waals surface area contributed by atoms with E-state index in [2.05, 4.69) is 20.4 Å². The SMILES string of the molecule is C=C(C)C(=O)SC(CC)(CCC)OCC. The Balaban J connectivity index is 4.59. The van der Waals surface area contributed by atoms with Gasteiger partial charge in [-0.05, 0) is 44.0 Å². The lowest BCUT2D eigenvalue weighted by molar-refractivity contribution is -0.108. The maximum absolute atomic E-state index is 11.7. The molecule has 0 amide bonds. The molecule has 0 saturated carbocycles. The van der Waals surface area contributed by atoms with Gasteiger partial charge in [0.25, 0.3) is 0 Å². The summed E-state index contributed by atoms with van der Waals surface area (Å²) in [6, 6.07) is 0. The summed E-state index contributed by atoms with van der Waals surface area (Å²) in [6.45, 7) is 12.2. The highest BCUT2D eigenvalue weighted by Crippen LogP contribution is 2.36. The zero-order valence-electron chi connectivity index (χ0n) is 10.3. The number of hydrogen-bond acceptors (Lipinski definition) is 3. The van der Waals surface area contributed by atoms with Crippen LogP contribution >= 0.6 is 11.8 Å². The molecule has 0 aliphatic rings. The minimum absolute atomic E-state index is 0.0405. The Kier molecular flexibility index (Phi) is 6.94. The van der Waals surface area contributed by atoms with Crippen LogP contribution in [0.3, 0.4) is 0 Å². The molecule has 0 radical (unpaired) electrons. The van der Waals surface area contributed by atoms with E-state index in [-0.39, 0.29) is 10.0 Å². The molecule has 0 aliphatic carbocycles. The van der Waals surface area contributed by atoms with E-state index < -0.39 is 0 Å². The van der Waals surface area contributed by atoms with Crippen molar-refractivity contribution >= 4 is 16.9 Å². The molecule has 0 N–H and O–H groups in total. The van der Waals surface area contributed by atoms with Gasteiger partial charge < -0.3 is 4.74 Å². The van der Waals surface area contributed by atoms with Gasteiger partial charge in [0.05, 0.1) is 0 Å². The summed E-state index contributed by atoms with van der Waals surface area (Å²) >= 11 is 1.29. The molecule has 0 heterocycles. The molecule has 0 rings (SSSR count). The average molecular weight is 230 g/mol. The Labute approximate surface area is 97.5 Å². The van der Waals surface area contributed by atoms with Crippen molar-refractivity contribution in [3.8, 4) is 0 Å². The fourth-order valence-electron chi connectivity index (χ4n) is 1.40. The molecule has 0 aliphatic heterocycles. The van der Waals surface area contributed by atoms with Crippen LogP contribution < -0.4 is 0 Å². The van der Waals surface area contributed by atoms with Crippen LogP contribution in [0.5, 0.6) is 0 Å². The van der Waals surface area contributed by atoms with Crippen LogP contribution in [-0.4, -0.2) is 16.7 Å². The Hall–Kier alpha value is -0.280. The van der Waals surface area contributed by atoms with Crippen molar-refractivity contribution < 1.29 is 9.53 Å². The summed E-state index contributed by atoms with van der Waals surface area (Å²) in [4.78, 5) is 11.3. The molecule has 0 saturated heterocycles. The third-order valence-electron chi connectivity index (χ3n) is 2.20. The van der Waals surface area contributed by atoms with Gasteiger partial charge >= 0.3 is 0 Å². The van der Waals surface area contributed by atoms with Gasteiger partial charge in [-0.15, -0.1) is 0 Å². The van der Waals surface area contributed by atoms with Gasteiger partial charge in [0.1, 0.15) is 4.93 Å². The Morgan fingerprint density at radius 1 is 1.40 bits per heavy atom. The largest absolute Gasteiger partial charge is 0.364 e. The van der Waals surface area contributed by atoms with E-state index in [0.717, 1.165) is 19.3 Å². The molecule has 0 aromatic heterocycles. The summed E-state index contributed by atoms with van der Waals surface area (Å²) < 4.78 is 5.74. The van der Waals surface area contributed by atoms with Gasteiger partial charge in [-0.25, -0.2) is 0 Å². The highest BCUT2D eigenvalue weighted by Gasteiger charge is 2.31. The van der Waals surface area contributed by atoms with Crippen molar-refractivity contribution in [2.45, 2.75) is 51.9 Å². The molecule has 1 unspecified atom stereocenters. The quantitative estimate of drug-likeness (QED) is 0.492. The molecule has 1 atom stereocenters. The second-order valence-corrected chi connectivity index (χ2v) is 4.94. The van der Waals surface area contributed by atoms with Gasteiger partial charge in [0.15, 0.2) is 0 Å². The molecule has 0 bridgehead atoms. The third-order valence-corrected chi connectivity index (χ3v) is 3.72. The predicted molar refractivity (Wildman–Crippen MR) is 67.0 cm³/mol. The maximum Gasteiger partial charge on any atom is 0.217 e. The number of carbonyl (C=O) groups excluding carboxylic acids is 1. The minimum Gasteiger partial charge on any atom is -0.364 e. The lowest BCUT2D eigenvalue weighted by Gasteiger charge is -2.30. The molecule has 0 aromatic rings. The van der Waals surface area contributed by atoms with E-state index in [9.17, 15) is 4.79 Å². The van der Waals surface area contributed by atoms with Gasteiger partial charge in [-0.3, -0.25) is 4.79 Å². The standard InChI is InChI=1S/C12H22O2S/c1-6-9-12(7-2,14-8-3)15-11(13)10(4)5/h4,6-9H2,1-3,5H3. The Morgan fingerprint density at radius 3 is 2.33 bits per heavy atom. The number of rotatable bonds is 7. The van der Waals surface area contributed by atoms with Crippen LogP contribution in [0.4, 0.5) is 0 Å². The molecule has 0 fully saturated rings. The van der Waals surface area contributed by atoms with Crippen molar-refractivity contribution in [3.05, 3.63) is 12.2 Å². The topological polar surface area (TPSA) is 26.3 Å². The first-order chi connectivity index (χ1) is 7.01. The second-order valence-electron chi connectivity index (χ2n) is 3.62. The summed E-state index contributed by atoms with van der Waals surface area (Å²) in [5.41, 5.74) is 0.591. The number of ether oxygens (including phenoxy) is 1. The van der Waals surface area contributed by atoms with E-state index in [4.69, 9.17) is 4.74 Å². The normalized spacial score (nSPS) is 14.7. The number of carbonyl (C=O) groups is 1. The van der Waals surface area contributed by atoms with Crippen molar-refractivity contribution in [3.63, 3.8) is 0 Å². The summed E-state index contributed by atoms with van der Waals surface area (Å²) in [5, 5.41) is 0.0405. The lowest BCUT2D eigenvalue weighted by atomic mass is 10.1. The molecule has 2 nitrogen and oxygen atoms in total. The average Bonchev–Trinajstić information content (AvgIpc) is 2.18. The molecular formula is C12H22O2S. The zero-order valence-corrected chi connectivity index (χ0v) is 11.1. The zero-order chi connectivity index (χ0) is 11.9. The van der Waals surface area contributed by atoms with Crippen LogP contribution in [0.1, 0.15) is 47.0 Å². The van der Waals surface area contributed by atoms with Crippen LogP contribution in [-0.2, 0) is 9.53 Å². The smallest absolute Gasteiger partial charge is 0.217 e. The minimum atomic E-state index is -0.348. The van der Waals surface area contributed by atoms with Crippen LogP contribution in [0.2, 0.25) is 0 Å². The van der Waals surface area contributed by atoms with Crippen molar-refractivity contribution in [2.75, 3.05) is 6.61 Å². The first-order valence-electron chi connectivity index (χ1n) is 5.54. The molecule has 3 heteroatoms. The van der Waals surface area contributed by atoms with Gasteiger partial charge in [0, 0.05) is 6.61 Å². The summed E-state index contributed by atoms with van der Waals surface area (Å²) in [7, 11) is 0. The highest BCUT2D eigenvalue weighted by atomic mass is 32.2. The first-order valence-corrected chi connectivity index (χ1v) is 6.35. The molecule has 15 heavy (non-hydrogen) atoms. The fourth-order valence-corrected chi connectivity index (χ4v) is 2.54.